The number of aromatic nitrogens is 1. The lowest BCUT2D eigenvalue weighted by atomic mass is 9.94. The van der Waals surface area contributed by atoms with Gasteiger partial charge in [-0.2, -0.15) is 0 Å². The molecule has 8 amide bonds. The zero-order chi connectivity index (χ0) is 37.2. The van der Waals surface area contributed by atoms with Gasteiger partial charge in [0.25, 0.3) is 11.8 Å². The number of carboxylic acids is 1. The Balaban J connectivity index is 1.20. The third kappa shape index (κ3) is 6.68. The number of urea groups is 1. The number of aliphatic carboxylic acids is 1. The number of fused-ring (bicyclic) bond motifs is 1. The fraction of sp³-hybridized carbons (Fsp3) is 0.364. The number of rotatable bonds is 12. The number of nitrogens with one attached hydrogen (secondary N) is 3. The third-order valence-corrected chi connectivity index (χ3v) is 11.6. The Labute approximate surface area is 305 Å². The molecule has 17 nitrogen and oxygen atoms in total. The van der Waals surface area contributed by atoms with Gasteiger partial charge in [-0.15, -0.1) is 28.5 Å². The molecule has 4 aliphatic rings. The topological polar surface area (TPSA) is 213 Å². The summed E-state index contributed by atoms with van der Waals surface area (Å²) in [7, 11) is 0. The van der Waals surface area contributed by atoms with Crippen LogP contribution in [0.15, 0.2) is 71.0 Å². The zero-order valence-electron chi connectivity index (χ0n) is 27.8. The molecule has 1 aromatic heterocycles. The average molecular weight is 751 g/mol. The Morgan fingerprint density at radius 2 is 1.79 bits per heavy atom. The molecule has 0 radical (unpaired) electrons. The van der Waals surface area contributed by atoms with E-state index in [4.69, 9.17) is 0 Å². The lowest BCUT2D eigenvalue weighted by molar-refractivity contribution is -0.682. The number of imide groups is 1. The molecule has 52 heavy (non-hydrogen) atoms. The highest BCUT2D eigenvalue weighted by Gasteiger charge is 2.65. The number of carbonyl (C=O) groups is 8. The summed E-state index contributed by atoms with van der Waals surface area (Å²) < 4.78 is 1.70. The van der Waals surface area contributed by atoms with Crippen molar-refractivity contribution < 1.29 is 48.1 Å². The minimum Gasteiger partial charge on any atom is -0.543 e. The van der Waals surface area contributed by atoms with Gasteiger partial charge in [0.2, 0.25) is 30.4 Å². The number of hydrogen-bond donors (Lipinski definition) is 3. The first kappa shape index (κ1) is 36.4. The zero-order valence-corrected chi connectivity index (χ0v) is 29.4. The predicted octanol–water partition coefficient (Wildman–Crippen LogP) is -2.06. The van der Waals surface area contributed by atoms with Gasteiger partial charge in [-0.05, 0) is 24.5 Å². The monoisotopic (exact) mass is 750 g/mol. The minimum atomic E-state index is -2.10. The fourth-order valence-electron chi connectivity index (χ4n) is 6.39. The second-order valence-electron chi connectivity index (χ2n) is 12.1. The van der Waals surface area contributed by atoms with E-state index < -0.39 is 52.7 Å². The van der Waals surface area contributed by atoms with Gasteiger partial charge >= 0.3 is 17.8 Å². The number of thioether (sulfide) groups is 2. The highest BCUT2D eigenvalue weighted by atomic mass is 32.2. The molecule has 3 saturated heterocycles. The van der Waals surface area contributed by atoms with Crippen molar-refractivity contribution >= 4 is 71.5 Å². The molecule has 2 aromatic rings. The molecule has 5 heterocycles. The lowest BCUT2D eigenvalue weighted by Crippen LogP contribution is -2.85. The summed E-state index contributed by atoms with van der Waals surface area (Å²) in [6.45, 7) is 2.57. The van der Waals surface area contributed by atoms with Gasteiger partial charge < -0.3 is 30.8 Å². The second-order valence-corrected chi connectivity index (χ2v) is 14.2. The summed E-state index contributed by atoms with van der Waals surface area (Å²) in [5, 5.41) is 20.4. The number of hydrogen-bond acceptors (Lipinski definition) is 11. The Bertz CT molecular complexity index is 1860. The molecule has 3 fully saturated rings. The van der Waals surface area contributed by atoms with E-state index in [2.05, 4.69) is 16.0 Å². The summed E-state index contributed by atoms with van der Waals surface area (Å²) in [4.78, 5) is 106. The van der Waals surface area contributed by atoms with Crippen LogP contribution >= 0.6 is 23.5 Å². The Kier molecular flexibility index (Phi) is 10.5. The van der Waals surface area contributed by atoms with Crippen molar-refractivity contribution in [3.05, 3.63) is 71.7 Å². The van der Waals surface area contributed by atoms with E-state index in [9.17, 15) is 43.5 Å². The van der Waals surface area contributed by atoms with Crippen molar-refractivity contribution in [1.82, 2.24) is 30.7 Å². The molecular weight excluding hydrogens is 717 g/mol. The van der Waals surface area contributed by atoms with Crippen molar-refractivity contribution in [2.24, 2.45) is 0 Å². The van der Waals surface area contributed by atoms with Crippen LogP contribution in [0.5, 0.6) is 0 Å². The van der Waals surface area contributed by atoms with Gasteiger partial charge in [0, 0.05) is 54.6 Å². The molecule has 6 rings (SSSR count). The highest BCUT2D eigenvalue weighted by molar-refractivity contribution is 8.01. The van der Waals surface area contributed by atoms with Crippen molar-refractivity contribution in [1.29, 1.82) is 0 Å². The first-order valence-electron chi connectivity index (χ1n) is 16.3. The van der Waals surface area contributed by atoms with Crippen LogP contribution in [0.3, 0.4) is 0 Å². The van der Waals surface area contributed by atoms with Crippen molar-refractivity contribution in [3.63, 3.8) is 0 Å². The number of carbonyl (C=O) groups excluding carboxylic acids is 8. The molecule has 19 heteroatoms. The van der Waals surface area contributed by atoms with E-state index in [0.29, 0.717) is 23.4 Å². The standard InChI is InChI=1S/C33H34N8O9S2/c1-2-37-15-16-39(28(46)27(37)45)32(50)35-24(20-7-4-3-5-8-20)26(44)36-33(34-19-42)30(49)41-25(29(47)48)21(18-52-31(33)41)17-51-22-10-13-38(14-11-22)40-12-6-9-23(40)43/h3-5,7-8,10-11,13-14,19,24,31H,2,6,9,12,15-18H2,1H3,(H3-,34,35,36,42,44,47,48,50)/t24-,31-,33-/m1/s1. The number of pyridine rings is 1. The number of piperazine rings is 1. The number of carboxylic acid groups (broad SMARTS) is 1. The maximum atomic E-state index is 14.0. The molecule has 0 unspecified atom stereocenters. The van der Waals surface area contributed by atoms with Crippen LogP contribution in [0.2, 0.25) is 0 Å². The van der Waals surface area contributed by atoms with Crippen molar-refractivity contribution in [2.45, 2.75) is 41.7 Å². The van der Waals surface area contributed by atoms with Gasteiger partial charge in [-0.3, -0.25) is 38.6 Å². The summed E-state index contributed by atoms with van der Waals surface area (Å²) in [5.74, 6) is -5.14. The van der Waals surface area contributed by atoms with Gasteiger partial charge in [0.05, 0.1) is 18.2 Å². The highest BCUT2D eigenvalue weighted by Crippen LogP contribution is 2.45. The molecule has 0 aliphatic carbocycles. The molecular formula is C33H34N8O9S2. The Morgan fingerprint density at radius 3 is 2.42 bits per heavy atom. The summed E-state index contributed by atoms with van der Waals surface area (Å²) in [6.07, 6.45) is 4.94. The van der Waals surface area contributed by atoms with Crippen LogP contribution in [-0.2, 0) is 33.6 Å². The third-order valence-electron chi connectivity index (χ3n) is 9.07. The number of nitrogens with zero attached hydrogens (tertiary/aromatic N) is 5. The molecule has 0 bridgehead atoms. The van der Waals surface area contributed by atoms with Crippen LogP contribution in [0.1, 0.15) is 31.4 Å². The van der Waals surface area contributed by atoms with E-state index >= 15 is 0 Å². The maximum Gasteiger partial charge on any atom is 0.325 e. The number of benzene rings is 1. The van der Waals surface area contributed by atoms with E-state index in [1.807, 2.05) is 0 Å². The van der Waals surface area contributed by atoms with Gasteiger partial charge in [-0.25, -0.2) is 4.79 Å². The van der Waals surface area contributed by atoms with E-state index in [-0.39, 0.29) is 54.7 Å². The number of β-lactam (4-membered cyclic amide) rings is 1. The number of amides is 8. The second kappa shape index (κ2) is 15.0. The largest absolute Gasteiger partial charge is 0.543 e. The quantitative estimate of drug-likeness (QED) is 0.0536. The van der Waals surface area contributed by atoms with Crippen LogP contribution in [0.25, 0.3) is 0 Å². The summed E-state index contributed by atoms with van der Waals surface area (Å²) in [6, 6.07) is 8.97. The molecule has 0 spiro atoms. The van der Waals surface area contributed by atoms with Gasteiger partial charge in [0.1, 0.15) is 11.4 Å². The van der Waals surface area contributed by atoms with E-state index in [1.54, 1.807) is 59.3 Å². The fourth-order valence-corrected chi connectivity index (χ4v) is 8.84. The van der Waals surface area contributed by atoms with E-state index in [0.717, 1.165) is 28.0 Å². The molecule has 3 N–H and O–H groups in total. The average Bonchev–Trinajstić information content (AvgIpc) is 3.59. The SMILES string of the molecule is CCN1CCN(C(=O)N[C@@H](C(=O)N[C@]2(NC=O)C(=O)N3C(C(=O)[O-])=C(CSc4cc[n+](N5CCCC5=O)cc4)CS[C@@H]32)c2ccccc2)C(=O)C1=O. The molecule has 0 saturated carbocycles. The van der Waals surface area contributed by atoms with Crippen LogP contribution in [0, 0.1) is 0 Å². The first-order valence-corrected chi connectivity index (χ1v) is 18.4. The van der Waals surface area contributed by atoms with Gasteiger partial charge in [-0.1, -0.05) is 35.0 Å². The van der Waals surface area contributed by atoms with Crippen LogP contribution in [-0.4, -0.2) is 111 Å². The Hall–Kier alpha value is -5.43. The molecule has 3 atom stereocenters. The first-order chi connectivity index (χ1) is 25.0. The molecule has 272 valence electrons. The molecule has 1 aromatic carbocycles. The predicted molar refractivity (Wildman–Crippen MR) is 182 cm³/mol. The summed E-state index contributed by atoms with van der Waals surface area (Å²) in [5.41, 5.74) is -1.84. The van der Waals surface area contributed by atoms with Crippen molar-refractivity contribution in [2.75, 3.05) is 42.7 Å². The van der Waals surface area contributed by atoms with Crippen LogP contribution < -0.4 is 30.7 Å². The van der Waals surface area contributed by atoms with Gasteiger partial charge in [0.15, 0.2) is 0 Å². The smallest absolute Gasteiger partial charge is 0.325 e. The molecule has 4 aliphatic heterocycles. The summed E-state index contributed by atoms with van der Waals surface area (Å²) >= 11 is 2.43. The number of likely N-dealkylation sites (N-methyl/N-ethyl adjacent to an activating group) is 1. The minimum absolute atomic E-state index is 0.0223. The Morgan fingerprint density at radius 1 is 1.06 bits per heavy atom. The van der Waals surface area contributed by atoms with Crippen LogP contribution in [0.4, 0.5) is 4.79 Å². The lowest BCUT2D eigenvalue weighted by Gasteiger charge is -2.57. The van der Waals surface area contributed by atoms with E-state index in [1.165, 1.54) is 28.8 Å². The normalized spacial score (nSPS) is 22.1. The maximum absolute atomic E-state index is 14.0. The van der Waals surface area contributed by atoms with Crippen molar-refractivity contribution in [3.8, 4) is 0 Å².